The van der Waals surface area contributed by atoms with Crippen LogP contribution in [0.2, 0.25) is 0 Å². The van der Waals surface area contributed by atoms with E-state index in [2.05, 4.69) is 0 Å². The molecule has 1 aromatic carbocycles. The highest BCUT2D eigenvalue weighted by atomic mass is 16.6. The lowest BCUT2D eigenvalue weighted by Gasteiger charge is -2.12. The molecule has 0 amide bonds. The van der Waals surface area contributed by atoms with E-state index in [0.29, 0.717) is 0 Å². The van der Waals surface area contributed by atoms with Gasteiger partial charge in [-0.3, -0.25) is 4.79 Å². The van der Waals surface area contributed by atoms with Crippen molar-refractivity contribution in [1.82, 2.24) is 0 Å². The predicted molar refractivity (Wildman–Crippen MR) is 71.8 cm³/mol. The van der Waals surface area contributed by atoms with Gasteiger partial charge >= 0.3 is 11.9 Å². The average molecular weight is 264 g/mol. The lowest BCUT2D eigenvalue weighted by molar-refractivity contribution is -0.165. The van der Waals surface area contributed by atoms with Crippen molar-refractivity contribution >= 4 is 11.9 Å². The molecule has 1 atom stereocenters. The number of hydrogen-bond acceptors (Lipinski definition) is 4. The van der Waals surface area contributed by atoms with E-state index in [0.717, 1.165) is 16.7 Å². The first-order valence-corrected chi connectivity index (χ1v) is 6.36. The van der Waals surface area contributed by atoms with Gasteiger partial charge in [0.05, 0.1) is 13.0 Å². The molecule has 0 aliphatic heterocycles. The van der Waals surface area contributed by atoms with Crippen LogP contribution >= 0.6 is 0 Å². The topological polar surface area (TPSA) is 52.6 Å². The standard InChI is InChI=1S/C15H20O4/c1-5-18-15(17)12(4)19-14(16)9-13-7-6-10(2)8-11(13)3/h6-8,12H,5,9H2,1-4H3. The molecular weight excluding hydrogens is 244 g/mol. The molecule has 0 saturated carbocycles. The first-order chi connectivity index (χ1) is 8.93. The van der Waals surface area contributed by atoms with Crippen LogP contribution < -0.4 is 0 Å². The summed E-state index contributed by atoms with van der Waals surface area (Å²) >= 11 is 0. The van der Waals surface area contributed by atoms with Crippen molar-refractivity contribution in [2.75, 3.05) is 6.61 Å². The molecule has 4 nitrogen and oxygen atoms in total. The molecule has 0 spiro atoms. The fourth-order valence-electron chi connectivity index (χ4n) is 1.75. The Morgan fingerprint density at radius 3 is 2.53 bits per heavy atom. The summed E-state index contributed by atoms with van der Waals surface area (Å²) in [6.45, 7) is 7.44. The second-order valence-corrected chi connectivity index (χ2v) is 4.49. The predicted octanol–water partition coefficient (Wildman–Crippen LogP) is 2.34. The molecule has 0 radical (unpaired) electrons. The molecule has 0 fully saturated rings. The van der Waals surface area contributed by atoms with Gasteiger partial charge in [-0.25, -0.2) is 4.79 Å². The lowest BCUT2D eigenvalue weighted by atomic mass is 10.0. The van der Waals surface area contributed by atoms with E-state index >= 15 is 0 Å². The zero-order valence-electron chi connectivity index (χ0n) is 11.9. The Hall–Kier alpha value is -1.84. The molecule has 1 aromatic rings. The van der Waals surface area contributed by atoms with Gasteiger partial charge in [0, 0.05) is 0 Å². The first kappa shape index (κ1) is 15.2. The monoisotopic (exact) mass is 264 g/mol. The van der Waals surface area contributed by atoms with Crippen LogP contribution in [0.1, 0.15) is 30.5 Å². The van der Waals surface area contributed by atoms with Gasteiger partial charge in [-0.05, 0) is 38.8 Å². The Morgan fingerprint density at radius 1 is 1.26 bits per heavy atom. The number of benzene rings is 1. The van der Waals surface area contributed by atoms with Crippen molar-refractivity contribution in [3.05, 3.63) is 34.9 Å². The summed E-state index contributed by atoms with van der Waals surface area (Å²) in [6.07, 6.45) is -0.700. The SMILES string of the molecule is CCOC(=O)C(C)OC(=O)Cc1ccc(C)cc1C. The maximum absolute atomic E-state index is 11.7. The number of rotatable bonds is 5. The van der Waals surface area contributed by atoms with Crippen molar-refractivity contribution in [3.63, 3.8) is 0 Å². The van der Waals surface area contributed by atoms with Gasteiger partial charge < -0.3 is 9.47 Å². The fourth-order valence-corrected chi connectivity index (χ4v) is 1.75. The summed E-state index contributed by atoms with van der Waals surface area (Å²) < 4.78 is 9.82. The van der Waals surface area contributed by atoms with Gasteiger partial charge in [0.2, 0.25) is 0 Å². The number of hydrogen-bond donors (Lipinski definition) is 0. The number of carbonyl (C=O) groups is 2. The van der Waals surface area contributed by atoms with E-state index in [1.807, 2.05) is 32.0 Å². The molecule has 1 rings (SSSR count). The first-order valence-electron chi connectivity index (χ1n) is 6.36. The van der Waals surface area contributed by atoms with Crippen molar-refractivity contribution in [1.29, 1.82) is 0 Å². The lowest BCUT2D eigenvalue weighted by Crippen LogP contribution is -2.27. The van der Waals surface area contributed by atoms with Gasteiger partial charge in [0.15, 0.2) is 6.10 Å². The summed E-state index contributed by atoms with van der Waals surface area (Å²) in [5.74, 6) is -0.941. The van der Waals surface area contributed by atoms with Crippen LogP contribution in [-0.2, 0) is 25.5 Å². The quantitative estimate of drug-likeness (QED) is 0.766. The second kappa shape index (κ2) is 6.92. The highest BCUT2D eigenvalue weighted by molar-refractivity contribution is 5.80. The molecule has 0 aromatic heterocycles. The Morgan fingerprint density at radius 2 is 1.95 bits per heavy atom. The minimum Gasteiger partial charge on any atom is -0.463 e. The molecule has 0 aliphatic carbocycles. The Kier molecular flexibility index (Phi) is 5.55. The number of ether oxygens (including phenoxy) is 2. The summed E-state index contributed by atoms with van der Waals surface area (Å²) in [7, 11) is 0. The molecule has 0 N–H and O–H groups in total. The van der Waals surface area contributed by atoms with Crippen molar-refractivity contribution in [3.8, 4) is 0 Å². The number of aryl methyl sites for hydroxylation is 2. The van der Waals surface area contributed by atoms with Crippen molar-refractivity contribution < 1.29 is 19.1 Å². The molecule has 0 bridgehead atoms. The minimum atomic E-state index is -0.863. The summed E-state index contributed by atoms with van der Waals surface area (Å²) in [5.41, 5.74) is 3.10. The van der Waals surface area contributed by atoms with E-state index in [4.69, 9.17) is 9.47 Å². The van der Waals surface area contributed by atoms with Crippen LogP contribution in [0, 0.1) is 13.8 Å². The van der Waals surface area contributed by atoms with Crippen molar-refractivity contribution in [2.24, 2.45) is 0 Å². The average Bonchev–Trinajstić information content (AvgIpc) is 2.33. The third kappa shape index (κ3) is 4.73. The Bertz CT molecular complexity index is 465. The molecule has 0 saturated heterocycles. The fraction of sp³-hybridized carbons (Fsp3) is 0.467. The Balaban J connectivity index is 2.58. The maximum atomic E-state index is 11.7. The Labute approximate surface area is 113 Å². The minimum absolute atomic E-state index is 0.163. The van der Waals surface area contributed by atoms with Crippen LogP contribution in [0.4, 0.5) is 0 Å². The summed E-state index contributed by atoms with van der Waals surface area (Å²) in [6, 6.07) is 5.86. The molecule has 0 aliphatic rings. The molecular formula is C15H20O4. The zero-order chi connectivity index (χ0) is 14.4. The van der Waals surface area contributed by atoms with E-state index in [1.165, 1.54) is 6.92 Å². The van der Waals surface area contributed by atoms with Gasteiger partial charge in [0.1, 0.15) is 0 Å². The second-order valence-electron chi connectivity index (χ2n) is 4.49. The highest BCUT2D eigenvalue weighted by Crippen LogP contribution is 2.12. The normalized spacial score (nSPS) is 11.8. The van der Waals surface area contributed by atoms with Crippen LogP contribution in [0.15, 0.2) is 18.2 Å². The molecule has 4 heteroatoms. The third-order valence-corrected chi connectivity index (χ3v) is 2.76. The van der Waals surface area contributed by atoms with Gasteiger partial charge in [-0.2, -0.15) is 0 Å². The van der Waals surface area contributed by atoms with Crippen LogP contribution in [0.3, 0.4) is 0 Å². The summed E-state index contributed by atoms with van der Waals surface area (Å²) in [4.78, 5) is 23.1. The van der Waals surface area contributed by atoms with Crippen LogP contribution in [0.5, 0.6) is 0 Å². The highest BCUT2D eigenvalue weighted by Gasteiger charge is 2.19. The zero-order valence-corrected chi connectivity index (χ0v) is 11.9. The number of carbonyl (C=O) groups excluding carboxylic acids is 2. The van der Waals surface area contributed by atoms with E-state index in [1.54, 1.807) is 6.92 Å². The van der Waals surface area contributed by atoms with Crippen molar-refractivity contribution in [2.45, 2.75) is 40.2 Å². The van der Waals surface area contributed by atoms with Gasteiger partial charge in [-0.15, -0.1) is 0 Å². The van der Waals surface area contributed by atoms with E-state index < -0.39 is 18.0 Å². The van der Waals surface area contributed by atoms with Crippen LogP contribution in [-0.4, -0.2) is 24.6 Å². The van der Waals surface area contributed by atoms with Crippen LogP contribution in [0.25, 0.3) is 0 Å². The molecule has 0 heterocycles. The van der Waals surface area contributed by atoms with E-state index in [9.17, 15) is 9.59 Å². The molecule has 1 unspecified atom stereocenters. The molecule has 19 heavy (non-hydrogen) atoms. The summed E-state index contributed by atoms with van der Waals surface area (Å²) in [5, 5.41) is 0. The van der Waals surface area contributed by atoms with Gasteiger partial charge in [0.25, 0.3) is 0 Å². The van der Waals surface area contributed by atoms with Gasteiger partial charge in [-0.1, -0.05) is 23.8 Å². The smallest absolute Gasteiger partial charge is 0.347 e. The van der Waals surface area contributed by atoms with E-state index in [-0.39, 0.29) is 13.0 Å². The molecule has 104 valence electrons. The third-order valence-electron chi connectivity index (χ3n) is 2.76. The largest absolute Gasteiger partial charge is 0.463 e. The number of esters is 2. The maximum Gasteiger partial charge on any atom is 0.347 e.